The van der Waals surface area contributed by atoms with Gasteiger partial charge in [-0.05, 0) is 16.6 Å². The average Bonchev–Trinajstić information content (AvgIpc) is 3.11. The van der Waals surface area contributed by atoms with E-state index in [2.05, 4.69) is 83.1 Å². The number of alkyl halides is 1. The third-order valence-electron chi connectivity index (χ3n) is 8.31. The van der Waals surface area contributed by atoms with Gasteiger partial charge in [0, 0.05) is 10.8 Å². The van der Waals surface area contributed by atoms with E-state index in [1.807, 2.05) is 0 Å². The van der Waals surface area contributed by atoms with Crippen LogP contribution < -0.4 is 0 Å². The highest BCUT2D eigenvalue weighted by Gasteiger charge is 2.64. The lowest BCUT2D eigenvalue weighted by molar-refractivity contribution is -0.462. The number of hydrogen-bond donors (Lipinski definition) is 0. The highest BCUT2D eigenvalue weighted by Crippen LogP contribution is 2.54. The topological polar surface area (TPSA) is 55.4 Å². The molecule has 1 unspecified atom stereocenters. The molecule has 0 saturated carbocycles. The fourth-order valence-electron chi connectivity index (χ4n) is 7.13. The minimum atomic E-state index is -2.24. The molecular weight excluding hydrogens is 484 g/mol. The maximum Gasteiger partial charge on any atom is 0.286 e. The van der Waals surface area contributed by atoms with Crippen LogP contribution >= 0.6 is 11.6 Å². The molecule has 0 aromatic rings. The van der Waals surface area contributed by atoms with Gasteiger partial charge in [0.05, 0.1) is 31.6 Å². The predicted octanol–water partition coefficient (Wildman–Crippen LogP) is 6.85. The van der Waals surface area contributed by atoms with Crippen molar-refractivity contribution in [1.29, 1.82) is 0 Å². The Kier molecular flexibility index (Phi) is 8.61. The summed E-state index contributed by atoms with van der Waals surface area (Å²) in [7, 11) is -2.24. The first-order valence-corrected chi connectivity index (χ1v) is 16.2. The van der Waals surface area contributed by atoms with Crippen molar-refractivity contribution in [3.05, 3.63) is 0 Å². The molecule has 1 spiro atoms. The van der Waals surface area contributed by atoms with Gasteiger partial charge in [-0.25, -0.2) is 0 Å². The summed E-state index contributed by atoms with van der Waals surface area (Å²) in [6, 6.07) is 0. The van der Waals surface area contributed by atoms with E-state index in [1.165, 1.54) is 0 Å². The maximum absolute atomic E-state index is 7.39. The second-order valence-corrected chi connectivity index (χ2v) is 19.4. The summed E-state index contributed by atoms with van der Waals surface area (Å²) in [5, 5.41) is 0. The number of halogens is 1. The molecule has 0 N–H and O–H groups in total. The van der Waals surface area contributed by atoms with Crippen molar-refractivity contribution >= 4 is 19.9 Å². The average molecular weight is 535 g/mol. The zero-order chi connectivity index (χ0) is 26.6. The van der Waals surface area contributed by atoms with Crippen molar-refractivity contribution < 1.29 is 28.1 Å². The summed E-state index contributed by atoms with van der Waals surface area (Å²) in [6.07, 6.45) is -0.649. The van der Waals surface area contributed by atoms with Gasteiger partial charge in [-0.15, -0.1) is 11.6 Å². The SMILES string of the molecule is CC(C)[Si](O[C@@H]1CC2(OC[C@H](CCl)O2)O[C@@H]2COC(C(C)(C)C)(C(C)(C)C)O[C@H]21)(C(C)C)C(C)C. The van der Waals surface area contributed by atoms with Crippen LogP contribution in [-0.4, -0.2) is 63.6 Å². The van der Waals surface area contributed by atoms with Gasteiger partial charge >= 0.3 is 0 Å². The number of ether oxygens (including phenoxy) is 5. The first-order chi connectivity index (χ1) is 15.9. The van der Waals surface area contributed by atoms with Crippen LogP contribution in [-0.2, 0) is 28.1 Å². The van der Waals surface area contributed by atoms with Crippen molar-refractivity contribution in [3.63, 3.8) is 0 Å². The summed E-state index contributed by atoms with van der Waals surface area (Å²) in [4.78, 5) is 0. The molecule has 3 fully saturated rings. The van der Waals surface area contributed by atoms with Crippen molar-refractivity contribution in [3.8, 4) is 0 Å². The fourth-order valence-corrected chi connectivity index (χ4v) is 12.8. The largest absolute Gasteiger partial charge is 0.410 e. The standard InChI is InChI=1S/C27H51ClO6Si/c1-17(2)35(18(3)4,19(5)6)34-21-13-26(29-15-20(14-28)31-26)32-22-16-30-27(24(7,8)9,25(10,11)12)33-23(21)22/h17-23H,13-16H2,1-12H3/t20-,21+,22+,23-,26?/m0/s1. The molecule has 3 heterocycles. The monoisotopic (exact) mass is 534 g/mol. The molecule has 3 saturated heterocycles. The van der Waals surface area contributed by atoms with Gasteiger partial charge in [0.15, 0.2) is 5.79 Å². The maximum atomic E-state index is 7.39. The van der Waals surface area contributed by atoms with E-state index in [4.69, 9.17) is 39.7 Å². The van der Waals surface area contributed by atoms with Crippen LogP contribution in [0.5, 0.6) is 0 Å². The molecule has 8 heteroatoms. The van der Waals surface area contributed by atoms with Crippen LogP contribution in [0.4, 0.5) is 0 Å². The summed E-state index contributed by atoms with van der Waals surface area (Å²) in [5.74, 6) is -1.62. The third kappa shape index (κ3) is 5.15. The summed E-state index contributed by atoms with van der Waals surface area (Å²) < 4.78 is 40.0. The number of rotatable bonds is 6. The molecule has 3 aliphatic heterocycles. The molecule has 0 radical (unpaired) electrons. The number of fused-ring (bicyclic) bond motifs is 1. The Morgan fingerprint density at radius 1 is 0.829 bits per heavy atom. The molecule has 3 rings (SSSR count). The Morgan fingerprint density at radius 3 is 1.80 bits per heavy atom. The Morgan fingerprint density at radius 2 is 1.37 bits per heavy atom. The van der Waals surface area contributed by atoms with Gasteiger partial charge in [0.1, 0.15) is 18.3 Å². The highest BCUT2D eigenvalue weighted by atomic mass is 35.5. The first-order valence-electron chi connectivity index (χ1n) is 13.5. The smallest absolute Gasteiger partial charge is 0.286 e. The molecule has 6 nitrogen and oxygen atoms in total. The minimum absolute atomic E-state index is 0.204. The molecule has 3 aliphatic rings. The van der Waals surface area contributed by atoms with E-state index < -0.39 is 20.1 Å². The van der Waals surface area contributed by atoms with Crippen molar-refractivity contribution in [2.24, 2.45) is 10.8 Å². The van der Waals surface area contributed by atoms with Crippen LogP contribution in [0.25, 0.3) is 0 Å². The molecule has 0 bridgehead atoms. The Labute approximate surface area is 220 Å². The minimum Gasteiger partial charge on any atom is -0.410 e. The second-order valence-electron chi connectivity index (χ2n) is 13.7. The van der Waals surface area contributed by atoms with Crippen LogP contribution in [0, 0.1) is 10.8 Å². The lowest BCUT2D eigenvalue weighted by Crippen LogP contribution is -2.71. The van der Waals surface area contributed by atoms with E-state index in [9.17, 15) is 0 Å². The Hall–Kier alpha value is 0.267. The van der Waals surface area contributed by atoms with Crippen molar-refractivity contribution in [2.45, 2.75) is 142 Å². The van der Waals surface area contributed by atoms with Gasteiger partial charge < -0.3 is 28.1 Å². The molecule has 0 aromatic carbocycles. The van der Waals surface area contributed by atoms with Gasteiger partial charge in [-0.3, -0.25) is 0 Å². The van der Waals surface area contributed by atoms with Crippen LogP contribution in [0.15, 0.2) is 0 Å². The highest BCUT2D eigenvalue weighted by molar-refractivity contribution is 6.77. The summed E-state index contributed by atoms with van der Waals surface area (Å²) in [5.41, 5.74) is 0.799. The lowest BCUT2D eigenvalue weighted by atomic mass is 9.69. The van der Waals surface area contributed by atoms with Gasteiger partial charge in [-0.2, -0.15) is 0 Å². The van der Waals surface area contributed by atoms with Gasteiger partial charge in [0.25, 0.3) is 5.97 Å². The van der Waals surface area contributed by atoms with E-state index >= 15 is 0 Å². The van der Waals surface area contributed by atoms with E-state index in [0.717, 1.165) is 0 Å². The molecule has 35 heavy (non-hydrogen) atoms. The van der Waals surface area contributed by atoms with E-state index in [1.54, 1.807) is 0 Å². The quantitative estimate of drug-likeness (QED) is 0.274. The zero-order valence-corrected chi connectivity index (χ0v) is 26.0. The zero-order valence-electron chi connectivity index (χ0n) is 24.2. The fraction of sp³-hybridized carbons (Fsp3) is 1.00. The second kappa shape index (κ2) is 10.1. The summed E-state index contributed by atoms with van der Waals surface area (Å²) >= 11 is 6.12. The molecule has 0 aliphatic carbocycles. The normalized spacial score (nSPS) is 34.3. The van der Waals surface area contributed by atoms with Crippen molar-refractivity contribution in [2.75, 3.05) is 19.1 Å². The van der Waals surface area contributed by atoms with E-state index in [0.29, 0.717) is 42.1 Å². The van der Waals surface area contributed by atoms with Crippen molar-refractivity contribution in [1.82, 2.24) is 0 Å². The summed E-state index contributed by atoms with van der Waals surface area (Å²) in [6.45, 7) is 27.8. The third-order valence-corrected chi connectivity index (χ3v) is 14.8. The number of hydrogen-bond acceptors (Lipinski definition) is 6. The van der Waals surface area contributed by atoms with Gasteiger partial charge in [0.2, 0.25) is 8.32 Å². The van der Waals surface area contributed by atoms with E-state index in [-0.39, 0.29) is 35.2 Å². The molecule has 206 valence electrons. The van der Waals surface area contributed by atoms with Crippen LogP contribution in [0.2, 0.25) is 16.6 Å². The molecular formula is C27H51ClO6Si. The Bertz CT molecular complexity index is 694. The predicted molar refractivity (Wildman–Crippen MR) is 142 cm³/mol. The first kappa shape index (κ1) is 29.8. The Balaban J connectivity index is 2.06. The molecule has 0 aromatic heterocycles. The van der Waals surface area contributed by atoms with Gasteiger partial charge in [-0.1, -0.05) is 83.1 Å². The van der Waals surface area contributed by atoms with Crippen LogP contribution in [0.1, 0.15) is 89.5 Å². The molecule has 5 atom stereocenters. The lowest BCUT2D eigenvalue weighted by Gasteiger charge is -2.60. The van der Waals surface area contributed by atoms with Crippen LogP contribution in [0.3, 0.4) is 0 Å². The molecule has 0 amide bonds.